The Morgan fingerprint density at radius 3 is 2.31 bits per heavy atom. The van der Waals surface area contributed by atoms with Crippen molar-refractivity contribution < 1.29 is 15.0 Å². The topological polar surface area (TPSA) is 57.5 Å². The van der Waals surface area contributed by atoms with Gasteiger partial charge in [0, 0.05) is 5.92 Å². The molecule has 4 rings (SSSR count). The quantitative estimate of drug-likeness (QED) is 0.375. The van der Waals surface area contributed by atoms with Gasteiger partial charge in [0.15, 0.2) is 0 Å². The van der Waals surface area contributed by atoms with E-state index in [0.717, 1.165) is 37.2 Å². The summed E-state index contributed by atoms with van der Waals surface area (Å²) in [4.78, 5) is 12.6. The number of aliphatic carboxylic acids is 1. The molecule has 4 aliphatic rings. The molecule has 0 aromatic carbocycles. The molecule has 0 spiro atoms. The van der Waals surface area contributed by atoms with Crippen molar-refractivity contribution in [1.29, 1.82) is 0 Å². The van der Waals surface area contributed by atoms with Gasteiger partial charge in [-0.3, -0.25) is 4.79 Å². The van der Waals surface area contributed by atoms with Crippen LogP contribution in [0.25, 0.3) is 0 Å². The van der Waals surface area contributed by atoms with Crippen molar-refractivity contribution in [3.05, 3.63) is 23.3 Å². The van der Waals surface area contributed by atoms with Crippen LogP contribution in [0, 0.1) is 51.2 Å². The molecule has 35 heavy (non-hydrogen) atoms. The van der Waals surface area contributed by atoms with E-state index in [1.807, 2.05) is 0 Å². The predicted octanol–water partition coefficient (Wildman–Crippen LogP) is 8.04. The molecule has 0 heterocycles. The van der Waals surface area contributed by atoms with Gasteiger partial charge in [0.25, 0.3) is 0 Å². The van der Waals surface area contributed by atoms with Crippen LogP contribution in [0.2, 0.25) is 0 Å². The molecule has 0 saturated heterocycles. The van der Waals surface area contributed by atoms with Gasteiger partial charge in [-0.15, -0.1) is 0 Å². The smallest absolute Gasteiger partial charge is 0.306 e. The van der Waals surface area contributed by atoms with E-state index < -0.39 is 18.0 Å². The lowest BCUT2D eigenvalue weighted by molar-refractivity contribution is -0.149. The number of aliphatic hydroxyl groups is 1. The summed E-state index contributed by atoms with van der Waals surface area (Å²) in [6.07, 6.45) is 8.45. The van der Waals surface area contributed by atoms with Gasteiger partial charge in [-0.2, -0.15) is 0 Å². The molecule has 0 bridgehead atoms. The molecule has 2 saturated carbocycles. The molecule has 0 radical (unpaired) electrons. The molecule has 0 aliphatic heterocycles. The number of carboxylic acids is 1. The first-order valence-electron chi connectivity index (χ1n) is 14.4. The van der Waals surface area contributed by atoms with E-state index in [0.29, 0.717) is 30.1 Å². The number of carboxylic acid groups (broad SMARTS) is 1. The fourth-order valence-corrected chi connectivity index (χ4v) is 9.77. The maximum Gasteiger partial charge on any atom is 0.306 e. The highest BCUT2D eigenvalue weighted by molar-refractivity contribution is 5.71. The van der Waals surface area contributed by atoms with Crippen molar-refractivity contribution in [2.24, 2.45) is 51.2 Å². The van der Waals surface area contributed by atoms with Gasteiger partial charge in [-0.05, 0) is 97.2 Å². The molecule has 0 amide bonds. The van der Waals surface area contributed by atoms with Crippen LogP contribution < -0.4 is 0 Å². The number of hydrogen-bond acceptors (Lipinski definition) is 2. The highest BCUT2D eigenvalue weighted by atomic mass is 16.4. The zero-order chi connectivity index (χ0) is 26.1. The molecule has 8 atom stereocenters. The van der Waals surface area contributed by atoms with Crippen molar-refractivity contribution in [3.63, 3.8) is 0 Å². The molecule has 0 aromatic heterocycles. The lowest BCUT2D eigenvalue weighted by atomic mass is 9.42. The van der Waals surface area contributed by atoms with E-state index >= 15 is 0 Å². The predicted molar refractivity (Wildman–Crippen MR) is 144 cm³/mol. The Morgan fingerprint density at radius 1 is 1.06 bits per heavy atom. The molecule has 2 N–H and O–H groups in total. The van der Waals surface area contributed by atoms with Crippen LogP contribution in [0.15, 0.2) is 23.3 Å². The van der Waals surface area contributed by atoms with Gasteiger partial charge in [0.1, 0.15) is 0 Å². The maximum atomic E-state index is 12.6. The molecule has 4 aliphatic carbocycles. The van der Waals surface area contributed by atoms with E-state index in [2.05, 4.69) is 62.0 Å². The second kappa shape index (κ2) is 8.74. The van der Waals surface area contributed by atoms with E-state index in [-0.39, 0.29) is 22.2 Å². The molecule has 0 aromatic rings. The zero-order valence-corrected chi connectivity index (χ0v) is 23.8. The first-order chi connectivity index (χ1) is 16.1. The second-order valence-corrected chi connectivity index (χ2v) is 14.6. The average Bonchev–Trinajstić information content (AvgIpc) is 2.97. The molecule has 198 valence electrons. The van der Waals surface area contributed by atoms with Crippen LogP contribution in [0.4, 0.5) is 0 Å². The Kier molecular flexibility index (Phi) is 6.73. The summed E-state index contributed by atoms with van der Waals surface area (Å²) in [5, 5.41) is 21.9. The Bertz CT molecular complexity index is 912. The van der Waals surface area contributed by atoms with Crippen molar-refractivity contribution in [2.45, 2.75) is 119 Å². The van der Waals surface area contributed by atoms with Crippen LogP contribution in [-0.2, 0) is 4.79 Å². The van der Waals surface area contributed by atoms with Crippen molar-refractivity contribution in [3.8, 4) is 0 Å². The van der Waals surface area contributed by atoms with Crippen LogP contribution in [0.3, 0.4) is 0 Å². The number of rotatable bonds is 6. The number of fused-ring (bicyclic) bond motifs is 4. The Labute approximate surface area is 214 Å². The van der Waals surface area contributed by atoms with Crippen molar-refractivity contribution in [2.75, 3.05) is 0 Å². The number of hydrogen-bond donors (Lipinski definition) is 2. The minimum Gasteiger partial charge on any atom is -0.481 e. The maximum absolute atomic E-state index is 12.6. The van der Waals surface area contributed by atoms with Crippen molar-refractivity contribution >= 4 is 5.97 Å². The fourth-order valence-electron chi connectivity index (χ4n) is 9.77. The van der Waals surface area contributed by atoms with Crippen LogP contribution >= 0.6 is 0 Å². The Hall–Kier alpha value is -1.09. The lowest BCUT2D eigenvalue weighted by Crippen LogP contribution is -2.53. The molecular formula is C32H52O3. The third kappa shape index (κ3) is 3.80. The summed E-state index contributed by atoms with van der Waals surface area (Å²) < 4.78 is 0. The number of allylic oxidation sites excluding steroid dienone is 3. The molecule has 3 nitrogen and oxygen atoms in total. The Balaban J connectivity index is 1.71. The van der Waals surface area contributed by atoms with E-state index in [9.17, 15) is 15.0 Å². The SMILES string of the molecule is C=C(CC[C@@H](C(=O)O)[C@H]1[C@H](O)C[C@@]2(C)C3=C(CC[C@]12C)[C@@]1(C)CC[C@H](C)C(C)(C)[C@@H]1CC3)C(C)C. The summed E-state index contributed by atoms with van der Waals surface area (Å²) in [5.74, 6) is 0.362. The number of aliphatic hydroxyl groups excluding tert-OH is 1. The van der Waals surface area contributed by atoms with E-state index in [1.54, 1.807) is 11.1 Å². The number of carbonyl (C=O) groups is 1. The zero-order valence-electron chi connectivity index (χ0n) is 23.8. The van der Waals surface area contributed by atoms with Gasteiger partial charge in [-0.25, -0.2) is 0 Å². The van der Waals surface area contributed by atoms with Gasteiger partial charge >= 0.3 is 5.97 Å². The molecule has 2 fully saturated rings. The third-order valence-corrected chi connectivity index (χ3v) is 12.7. The minimum atomic E-state index is -0.741. The largest absolute Gasteiger partial charge is 0.481 e. The van der Waals surface area contributed by atoms with Crippen LogP contribution in [0.1, 0.15) is 113 Å². The summed E-state index contributed by atoms with van der Waals surface area (Å²) >= 11 is 0. The standard InChI is InChI=1S/C32H52O3/c1-19(2)20(3)10-11-22(28(34)35)27-25(33)18-32(9)24-12-13-26-29(5,6)21(4)14-16-30(26,7)23(24)15-17-31(27,32)8/h19,21-22,25-27,33H,3,10-18H2,1-2,4-9H3,(H,34,35)/t21-,22+,25+,26-,27-,30+,31+,32-/m0/s1. The van der Waals surface area contributed by atoms with Gasteiger partial charge in [0.2, 0.25) is 0 Å². The molecular weight excluding hydrogens is 432 g/mol. The lowest BCUT2D eigenvalue weighted by Gasteiger charge is -2.62. The van der Waals surface area contributed by atoms with E-state index in [4.69, 9.17) is 0 Å². The first kappa shape index (κ1) is 27.0. The highest BCUT2D eigenvalue weighted by Gasteiger charge is 2.66. The van der Waals surface area contributed by atoms with Crippen LogP contribution in [0.5, 0.6) is 0 Å². The summed E-state index contributed by atoms with van der Waals surface area (Å²) in [5.41, 5.74) is 4.71. The van der Waals surface area contributed by atoms with Crippen LogP contribution in [-0.4, -0.2) is 22.3 Å². The summed E-state index contributed by atoms with van der Waals surface area (Å²) in [7, 11) is 0. The summed E-state index contributed by atoms with van der Waals surface area (Å²) in [6.45, 7) is 23.1. The minimum absolute atomic E-state index is 0.116. The van der Waals surface area contributed by atoms with E-state index in [1.165, 1.54) is 19.3 Å². The normalized spacial score (nSPS) is 43.4. The highest BCUT2D eigenvalue weighted by Crippen LogP contribution is 2.72. The molecule has 0 unspecified atom stereocenters. The second-order valence-electron chi connectivity index (χ2n) is 14.6. The molecule has 3 heteroatoms. The van der Waals surface area contributed by atoms with Gasteiger partial charge in [0.05, 0.1) is 12.0 Å². The Morgan fingerprint density at radius 2 is 1.71 bits per heavy atom. The summed E-state index contributed by atoms with van der Waals surface area (Å²) in [6, 6.07) is 0. The van der Waals surface area contributed by atoms with Gasteiger partial charge < -0.3 is 10.2 Å². The monoisotopic (exact) mass is 484 g/mol. The van der Waals surface area contributed by atoms with Crippen molar-refractivity contribution in [1.82, 2.24) is 0 Å². The average molecular weight is 485 g/mol. The third-order valence-electron chi connectivity index (χ3n) is 12.7. The fraction of sp³-hybridized carbons (Fsp3) is 0.844. The first-order valence-corrected chi connectivity index (χ1v) is 14.4. The van der Waals surface area contributed by atoms with Gasteiger partial charge in [-0.1, -0.05) is 78.7 Å².